The minimum atomic E-state index is -0.695. The molecule has 1 aromatic heterocycles. The molecule has 0 aromatic carbocycles. The van der Waals surface area contributed by atoms with Crippen molar-refractivity contribution in [1.82, 2.24) is 15.6 Å². The van der Waals surface area contributed by atoms with E-state index in [1.165, 1.54) is 0 Å². The van der Waals surface area contributed by atoms with Crippen molar-refractivity contribution in [2.45, 2.75) is 50.4 Å². The van der Waals surface area contributed by atoms with Gasteiger partial charge in [0.05, 0.1) is 12.2 Å². The third-order valence-corrected chi connectivity index (χ3v) is 5.75. The molecule has 1 heterocycles. The van der Waals surface area contributed by atoms with Gasteiger partial charge in [-0.25, -0.2) is 0 Å². The highest BCUT2D eigenvalue weighted by Gasteiger charge is 2.25. The molecule has 1 saturated carbocycles. The van der Waals surface area contributed by atoms with Crippen LogP contribution >= 0.6 is 0 Å². The van der Waals surface area contributed by atoms with Crippen LogP contribution in [0.15, 0.2) is 29.4 Å². The second-order valence-corrected chi connectivity index (χ2v) is 7.55. The minimum absolute atomic E-state index is 0.324. The summed E-state index contributed by atoms with van der Waals surface area (Å²) in [6, 6.07) is 6.23. The van der Waals surface area contributed by atoms with Gasteiger partial charge in [0.25, 0.3) is 0 Å². The molecule has 5 nitrogen and oxygen atoms in total. The Morgan fingerprint density at radius 1 is 1.45 bits per heavy atom. The zero-order chi connectivity index (χ0) is 15.8. The fourth-order valence-electron chi connectivity index (χ4n) is 2.82. The second-order valence-electron chi connectivity index (χ2n) is 5.55. The maximum Gasteiger partial charge on any atom is 0.191 e. The largest absolute Gasteiger partial charge is 0.354 e. The molecule has 0 spiro atoms. The van der Waals surface area contributed by atoms with Crippen molar-refractivity contribution < 1.29 is 4.21 Å². The van der Waals surface area contributed by atoms with Gasteiger partial charge in [-0.15, -0.1) is 0 Å². The molecule has 0 saturated heterocycles. The molecule has 122 valence electrons. The molecule has 0 radical (unpaired) electrons. The van der Waals surface area contributed by atoms with E-state index in [2.05, 4.69) is 20.6 Å². The van der Waals surface area contributed by atoms with Crippen LogP contribution in [0.5, 0.6) is 0 Å². The van der Waals surface area contributed by atoms with Crippen LogP contribution < -0.4 is 10.6 Å². The molecule has 3 atom stereocenters. The van der Waals surface area contributed by atoms with Crippen molar-refractivity contribution in [2.24, 2.45) is 4.99 Å². The van der Waals surface area contributed by atoms with Crippen LogP contribution in [0.25, 0.3) is 0 Å². The van der Waals surface area contributed by atoms with E-state index in [0.29, 0.717) is 17.8 Å². The normalized spacial score (nSPS) is 23.8. The first-order valence-electron chi connectivity index (χ1n) is 7.97. The lowest BCUT2D eigenvalue weighted by atomic mass is 9.95. The summed E-state index contributed by atoms with van der Waals surface area (Å²) in [5.74, 6) is 1.54. The maximum absolute atomic E-state index is 12.0. The Kier molecular flexibility index (Phi) is 6.83. The third-order valence-electron chi connectivity index (χ3n) is 4.01. The molecule has 0 amide bonds. The van der Waals surface area contributed by atoms with Crippen molar-refractivity contribution in [1.29, 1.82) is 0 Å². The lowest BCUT2D eigenvalue weighted by molar-refractivity contribution is 0.413. The van der Waals surface area contributed by atoms with Crippen LogP contribution in [0.1, 0.15) is 38.3 Å². The summed E-state index contributed by atoms with van der Waals surface area (Å²) in [6.07, 6.45) is 6.08. The van der Waals surface area contributed by atoms with Crippen molar-refractivity contribution >= 4 is 16.8 Å². The van der Waals surface area contributed by atoms with E-state index < -0.39 is 10.8 Å². The number of pyridine rings is 1. The highest BCUT2D eigenvalue weighted by molar-refractivity contribution is 7.85. The number of guanidine groups is 1. The number of hydrogen-bond donors (Lipinski definition) is 2. The number of nitrogens with zero attached hydrogens (tertiary/aromatic N) is 2. The van der Waals surface area contributed by atoms with Crippen molar-refractivity contribution in [3.63, 3.8) is 0 Å². The van der Waals surface area contributed by atoms with Crippen LogP contribution in [0.2, 0.25) is 0 Å². The Morgan fingerprint density at radius 3 is 3.00 bits per heavy atom. The molecular weight excluding hydrogens is 296 g/mol. The molecule has 1 aromatic rings. The number of hydrogen-bond acceptors (Lipinski definition) is 3. The number of rotatable bonds is 5. The summed E-state index contributed by atoms with van der Waals surface area (Å²) in [4.78, 5) is 8.57. The van der Waals surface area contributed by atoms with E-state index >= 15 is 0 Å². The van der Waals surface area contributed by atoms with E-state index in [9.17, 15) is 4.21 Å². The average molecular weight is 322 g/mol. The molecule has 2 rings (SSSR count). The van der Waals surface area contributed by atoms with Crippen LogP contribution in [-0.4, -0.2) is 39.2 Å². The SMILES string of the molecule is CCS(=O)C1CCCC(NC(=NC)NCc2ccccn2)C1. The van der Waals surface area contributed by atoms with Gasteiger partial charge in [0, 0.05) is 41.1 Å². The van der Waals surface area contributed by atoms with Gasteiger partial charge in [0.2, 0.25) is 0 Å². The Morgan fingerprint density at radius 2 is 2.32 bits per heavy atom. The Labute approximate surface area is 135 Å². The molecule has 0 aliphatic heterocycles. The highest BCUT2D eigenvalue weighted by Crippen LogP contribution is 2.22. The molecule has 1 aliphatic carbocycles. The number of aliphatic imine (C=N–C) groups is 1. The number of nitrogens with one attached hydrogen (secondary N) is 2. The van der Waals surface area contributed by atoms with E-state index in [1.54, 1.807) is 13.2 Å². The Balaban J connectivity index is 1.83. The summed E-state index contributed by atoms with van der Waals surface area (Å²) < 4.78 is 12.0. The van der Waals surface area contributed by atoms with E-state index in [4.69, 9.17) is 0 Å². The monoisotopic (exact) mass is 322 g/mol. The first-order chi connectivity index (χ1) is 10.7. The first-order valence-corrected chi connectivity index (χ1v) is 9.35. The fraction of sp³-hybridized carbons (Fsp3) is 0.625. The summed E-state index contributed by atoms with van der Waals surface area (Å²) >= 11 is 0. The zero-order valence-corrected chi connectivity index (χ0v) is 14.2. The van der Waals surface area contributed by atoms with Gasteiger partial charge in [-0.2, -0.15) is 0 Å². The topological polar surface area (TPSA) is 66.4 Å². The second kappa shape index (κ2) is 8.88. The average Bonchev–Trinajstić information content (AvgIpc) is 2.59. The quantitative estimate of drug-likeness (QED) is 0.641. The fourth-order valence-corrected chi connectivity index (χ4v) is 4.16. The van der Waals surface area contributed by atoms with Crippen LogP contribution in [0.3, 0.4) is 0 Å². The van der Waals surface area contributed by atoms with Gasteiger partial charge in [-0.05, 0) is 31.4 Å². The van der Waals surface area contributed by atoms with Gasteiger partial charge >= 0.3 is 0 Å². The van der Waals surface area contributed by atoms with Gasteiger partial charge in [0.15, 0.2) is 5.96 Å². The molecule has 1 fully saturated rings. The summed E-state index contributed by atoms with van der Waals surface area (Å²) in [5.41, 5.74) is 0.985. The van der Waals surface area contributed by atoms with E-state index in [-0.39, 0.29) is 0 Å². The maximum atomic E-state index is 12.0. The summed E-state index contributed by atoms with van der Waals surface area (Å²) in [7, 11) is 1.08. The van der Waals surface area contributed by atoms with Crippen molar-refractivity contribution in [3.8, 4) is 0 Å². The first kappa shape index (κ1) is 16.9. The standard InChI is InChI=1S/C16H26N4OS/c1-3-22(21)15-9-6-8-13(11-15)20-16(17-2)19-12-14-7-4-5-10-18-14/h4-5,7,10,13,15H,3,6,8-9,11-12H2,1-2H3,(H2,17,19,20). The molecule has 1 aliphatic rings. The predicted octanol–water partition coefficient (Wildman–Crippen LogP) is 1.83. The summed E-state index contributed by atoms with van der Waals surface area (Å²) in [5, 5.41) is 7.08. The van der Waals surface area contributed by atoms with Gasteiger partial charge < -0.3 is 10.6 Å². The molecule has 0 bridgehead atoms. The molecule has 22 heavy (non-hydrogen) atoms. The highest BCUT2D eigenvalue weighted by atomic mass is 32.2. The minimum Gasteiger partial charge on any atom is -0.354 e. The van der Waals surface area contributed by atoms with Gasteiger partial charge in [-0.1, -0.05) is 19.4 Å². The van der Waals surface area contributed by atoms with Gasteiger partial charge in [-0.3, -0.25) is 14.2 Å². The van der Waals surface area contributed by atoms with E-state index in [1.807, 2.05) is 25.1 Å². The molecule has 2 N–H and O–H groups in total. The smallest absolute Gasteiger partial charge is 0.191 e. The van der Waals surface area contributed by atoms with Crippen LogP contribution in [0, 0.1) is 0 Å². The zero-order valence-electron chi connectivity index (χ0n) is 13.4. The number of aromatic nitrogens is 1. The van der Waals surface area contributed by atoms with E-state index in [0.717, 1.165) is 43.1 Å². The van der Waals surface area contributed by atoms with Crippen molar-refractivity contribution in [3.05, 3.63) is 30.1 Å². The Bertz CT molecular complexity index is 506. The predicted molar refractivity (Wildman–Crippen MR) is 92.3 cm³/mol. The van der Waals surface area contributed by atoms with Crippen molar-refractivity contribution in [2.75, 3.05) is 12.8 Å². The summed E-state index contributed by atoms with van der Waals surface area (Å²) in [6.45, 7) is 2.65. The molecular formula is C16H26N4OS. The Hall–Kier alpha value is -1.43. The molecule has 6 heteroatoms. The molecule has 3 unspecified atom stereocenters. The third kappa shape index (κ3) is 5.09. The van der Waals surface area contributed by atoms with Crippen LogP contribution in [0.4, 0.5) is 0 Å². The lowest BCUT2D eigenvalue weighted by Crippen LogP contribution is -2.46. The van der Waals surface area contributed by atoms with Crippen LogP contribution in [-0.2, 0) is 17.3 Å². The lowest BCUT2D eigenvalue weighted by Gasteiger charge is -2.30. The van der Waals surface area contributed by atoms with Gasteiger partial charge in [0.1, 0.15) is 0 Å².